The molecule has 0 saturated heterocycles. The van der Waals surface area contributed by atoms with Crippen molar-refractivity contribution in [3.63, 3.8) is 0 Å². The van der Waals surface area contributed by atoms with Crippen molar-refractivity contribution in [2.24, 2.45) is 0 Å². The number of nitrogens with one attached hydrogen (secondary N) is 1. The van der Waals surface area contributed by atoms with Crippen molar-refractivity contribution in [1.82, 2.24) is 9.36 Å². The molecule has 0 saturated carbocycles. The van der Waals surface area contributed by atoms with Gasteiger partial charge < -0.3 is 10.1 Å². The molecule has 0 amide bonds. The van der Waals surface area contributed by atoms with Crippen molar-refractivity contribution in [3.05, 3.63) is 5.82 Å². The molecule has 0 aromatic carbocycles. The number of aromatic nitrogens is 2. The Labute approximate surface area is 102 Å². The van der Waals surface area contributed by atoms with Crippen molar-refractivity contribution in [1.29, 1.82) is 0 Å². The van der Waals surface area contributed by atoms with Crippen LogP contribution in [0.2, 0.25) is 0 Å². The number of unbranched alkanes of at least 4 members (excludes halogenated alkanes) is 1. The van der Waals surface area contributed by atoms with Crippen LogP contribution in [0.25, 0.3) is 0 Å². The van der Waals surface area contributed by atoms with Gasteiger partial charge in [-0.1, -0.05) is 27.2 Å². The minimum absolute atomic E-state index is 0.396. The second-order valence-electron chi connectivity index (χ2n) is 4.01. The molecule has 1 N–H and O–H groups in total. The Hall–Kier alpha value is -0.680. The summed E-state index contributed by atoms with van der Waals surface area (Å²) in [7, 11) is 0. The van der Waals surface area contributed by atoms with E-state index in [1.54, 1.807) is 0 Å². The van der Waals surface area contributed by atoms with Crippen LogP contribution in [0.15, 0.2) is 0 Å². The number of rotatable bonds is 8. The average molecular weight is 243 g/mol. The molecule has 0 aliphatic carbocycles. The summed E-state index contributed by atoms with van der Waals surface area (Å²) in [6.07, 6.45) is 2.32. The average Bonchev–Trinajstić information content (AvgIpc) is 2.72. The van der Waals surface area contributed by atoms with E-state index in [0.717, 1.165) is 37.1 Å². The Morgan fingerprint density at radius 2 is 2.19 bits per heavy atom. The Kier molecular flexibility index (Phi) is 6.33. The van der Waals surface area contributed by atoms with E-state index in [9.17, 15) is 0 Å². The molecule has 0 aliphatic heterocycles. The van der Waals surface area contributed by atoms with Gasteiger partial charge in [-0.3, -0.25) is 0 Å². The topological polar surface area (TPSA) is 47.0 Å². The van der Waals surface area contributed by atoms with Crippen molar-refractivity contribution < 1.29 is 4.74 Å². The molecule has 4 nitrogen and oxygen atoms in total. The lowest BCUT2D eigenvalue weighted by Crippen LogP contribution is -2.09. The lowest BCUT2D eigenvalue weighted by molar-refractivity contribution is 0.141. The standard InChI is InChI=1S/C11H21N3OS/c1-4-5-7-15-8-6-12-11-13-10(9(2)3)14-16-11/h9H,4-8H2,1-3H3,(H,12,13,14). The van der Waals surface area contributed by atoms with Gasteiger partial charge in [0, 0.05) is 30.6 Å². The summed E-state index contributed by atoms with van der Waals surface area (Å²) in [6, 6.07) is 0. The Balaban J connectivity index is 2.12. The molecule has 0 atom stereocenters. The molecule has 16 heavy (non-hydrogen) atoms. The SMILES string of the molecule is CCCCOCCNc1nc(C(C)C)ns1. The quantitative estimate of drug-likeness (QED) is 0.713. The van der Waals surface area contributed by atoms with Gasteiger partial charge in [0.1, 0.15) is 5.82 Å². The zero-order valence-electron chi connectivity index (χ0n) is 10.3. The highest BCUT2D eigenvalue weighted by Crippen LogP contribution is 2.16. The molecule has 1 aromatic heterocycles. The largest absolute Gasteiger partial charge is 0.380 e. The maximum absolute atomic E-state index is 5.44. The second kappa shape index (κ2) is 7.57. The minimum atomic E-state index is 0.396. The minimum Gasteiger partial charge on any atom is -0.380 e. The van der Waals surface area contributed by atoms with Crippen LogP contribution >= 0.6 is 11.5 Å². The van der Waals surface area contributed by atoms with Gasteiger partial charge in [-0.25, -0.2) is 4.98 Å². The Morgan fingerprint density at radius 1 is 1.38 bits per heavy atom. The lowest BCUT2D eigenvalue weighted by Gasteiger charge is -2.03. The molecule has 0 spiro atoms. The van der Waals surface area contributed by atoms with Crippen LogP contribution in [0.4, 0.5) is 5.13 Å². The first-order valence-corrected chi connectivity index (χ1v) is 6.66. The number of anilines is 1. The smallest absolute Gasteiger partial charge is 0.202 e. The van der Waals surface area contributed by atoms with E-state index in [1.807, 2.05) is 0 Å². The molecule has 5 heteroatoms. The first-order valence-electron chi connectivity index (χ1n) is 5.89. The van der Waals surface area contributed by atoms with Crippen LogP contribution in [-0.4, -0.2) is 29.1 Å². The lowest BCUT2D eigenvalue weighted by atomic mass is 10.2. The third-order valence-corrected chi connectivity index (χ3v) is 2.81. The van der Waals surface area contributed by atoms with Crippen molar-refractivity contribution in [3.8, 4) is 0 Å². The first kappa shape index (κ1) is 13.4. The highest BCUT2D eigenvalue weighted by molar-refractivity contribution is 7.09. The molecule has 92 valence electrons. The maximum Gasteiger partial charge on any atom is 0.202 e. The summed E-state index contributed by atoms with van der Waals surface area (Å²) in [5, 5.41) is 4.11. The van der Waals surface area contributed by atoms with Crippen LogP contribution in [-0.2, 0) is 4.74 Å². The van der Waals surface area contributed by atoms with E-state index in [1.165, 1.54) is 18.0 Å². The van der Waals surface area contributed by atoms with Crippen LogP contribution in [0.5, 0.6) is 0 Å². The van der Waals surface area contributed by atoms with Gasteiger partial charge in [-0.15, -0.1) is 0 Å². The summed E-state index contributed by atoms with van der Waals surface area (Å²) < 4.78 is 9.72. The summed E-state index contributed by atoms with van der Waals surface area (Å²) in [5.41, 5.74) is 0. The molecule has 1 aromatic rings. The molecule has 0 aliphatic rings. The van der Waals surface area contributed by atoms with Crippen LogP contribution in [0, 0.1) is 0 Å². The van der Waals surface area contributed by atoms with E-state index >= 15 is 0 Å². The molecule has 0 unspecified atom stereocenters. The number of hydrogen-bond acceptors (Lipinski definition) is 5. The molecular weight excluding hydrogens is 222 g/mol. The number of nitrogens with zero attached hydrogens (tertiary/aromatic N) is 2. The van der Waals surface area contributed by atoms with Crippen LogP contribution in [0.3, 0.4) is 0 Å². The normalized spacial score (nSPS) is 11.0. The van der Waals surface area contributed by atoms with E-state index in [4.69, 9.17) is 4.74 Å². The van der Waals surface area contributed by atoms with E-state index in [-0.39, 0.29) is 0 Å². The van der Waals surface area contributed by atoms with Crippen molar-refractivity contribution >= 4 is 16.7 Å². The predicted molar refractivity (Wildman–Crippen MR) is 68.2 cm³/mol. The van der Waals surface area contributed by atoms with Gasteiger partial charge in [-0.2, -0.15) is 4.37 Å². The van der Waals surface area contributed by atoms with Gasteiger partial charge in [0.2, 0.25) is 5.13 Å². The monoisotopic (exact) mass is 243 g/mol. The summed E-state index contributed by atoms with van der Waals surface area (Å²) in [4.78, 5) is 4.38. The molecule has 1 heterocycles. The zero-order valence-corrected chi connectivity index (χ0v) is 11.1. The van der Waals surface area contributed by atoms with Gasteiger partial charge in [0.05, 0.1) is 6.61 Å². The fourth-order valence-electron chi connectivity index (χ4n) is 1.12. The Morgan fingerprint density at radius 3 is 2.81 bits per heavy atom. The first-order chi connectivity index (χ1) is 7.74. The molecule has 0 bridgehead atoms. The summed E-state index contributed by atoms with van der Waals surface area (Å²) in [5.74, 6) is 1.31. The number of ether oxygens (including phenoxy) is 1. The molecule has 1 rings (SSSR count). The third-order valence-electron chi connectivity index (χ3n) is 2.12. The van der Waals surface area contributed by atoms with E-state index < -0.39 is 0 Å². The number of hydrogen-bond donors (Lipinski definition) is 1. The van der Waals surface area contributed by atoms with Crippen LogP contribution in [0.1, 0.15) is 45.4 Å². The highest BCUT2D eigenvalue weighted by atomic mass is 32.1. The fraction of sp³-hybridized carbons (Fsp3) is 0.818. The second-order valence-corrected chi connectivity index (χ2v) is 4.76. The maximum atomic E-state index is 5.44. The van der Waals surface area contributed by atoms with Gasteiger partial charge in [-0.05, 0) is 6.42 Å². The third kappa shape index (κ3) is 4.90. The predicted octanol–water partition coefficient (Wildman–Crippen LogP) is 2.89. The van der Waals surface area contributed by atoms with Crippen molar-refractivity contribution in [2.45, 2.75) is 39.5 Å². The van der Waals surface area contributed by atoms with Crippen molar-refractivity contribution in [2.75, 3.05) is 25.1 Å². The highest BCUT2D eigenvalue weighted by Gasteiger charge is 2.06. The molecule has 0 fully saturated rings. The zero-order chi connectivity index (χ0) is 11.8. The summed E-state index contributed by atoms with van der Waals surface area (Å²) in [6.45, 7) is 8.74. The van der Waals surface area contributed by atoms with Gasteiger partial charge in [0.25, 0.3) is 0 Å². The van der Waals surface area contributed by atoms with Gasteiger partial charge >= 0.3 is 0 Å². The Bertz CT molecular complexity index is 289. The molecule has 0 radical (unpaired) electrons. The van der Waals surface area contributed by atoms with Crippen LogP contribution < -0.4 is 5.32 Å². The fourth-order valence-corrected chi connectivity index (χ4v) is 1.85. The van der Waals surface area contributed by atoms with E-state index in [0.29, 0.717) is 5.92 Å². The molecular formula is C11H21N3OS. The van der Waals surface area contributed by atoms with E-state index in [2.05, 4.69) is 35.4 Å². The van der Waals surface area contributed by atoms with Gasteiger partial charge in [0.15, 0.2) is 0 Å². The summed E-state index contributed by atoms with van der Waals surface area (Å²) >= 11 is 1.42.